The fourth-order valence-electron chi connectivity index (χ4n) is 4.85. The van der Waals surface area contributed by atoms with E-state index in [1.54, 1.807) is 44.6 Å². The number of allylic oxidation sites excluding steroid dienone is 1. The SMILES string of the molecule is COc1ccc(OC)c(/C=C2\Oc3c(CN4CCN(c5ccccc5)CC4)c(O)cc(C)c3C2=O)c1. The summed E-state index contributed by atoms with van der Waals surface area (Å²) >= 11 is 0. The summed E-state index contributed by atoms with van der Waals surface area (Å²) in [6.07, 6.45) is 1.67. The maximum atomic E-state index is 13.4. The van der Waals surface area contributed by atoms with Crippen LogP contribution in [0.5, 0.6) is 23.0 Å². The number of carbonyl (C=O) groups excluding carboxylic acids is 1. The number of phenols is 1. The molecule has 3 aromatic rings. The molecule has 0 radical (unpaired) electrons. The zero-order valence-corrected chi connectivity index (χ0v) is 20.8. The normalized spacial score (nSPS) is 16.7. The number of benzene rings is 3. The quantitative estimate of drug-likeness (QED) is 0.508. The van der Waals surface area contributed by atoms with Crippen LogP contribution in [0.1, 0.15) is 27.0 Å². The van der Waals surface area contributed by atoms with Crippen molar-refractivity contribution in [3.05, 3.63) is 82.6 Å². The molecule has 0 spiro atoms. The molecule has 0 aromatic heterocycles. The van der Waals surface area contributed by atoms with Gasteiger partial charge in [-0.2, -0.15) is 0 Å². The van der Waals surface area contributed by atoms with Gasteiger partial charge in [0.05, 0.1) is 25.3 Å². The highest BCUT2D eigenvalue weighted by molar-refractivity contribution is 6.16. The number of rotatable bonds is 6. The van der Waals surface area contributed by atoms with Crippen molar-refractivity contribution in [1.29, 1.82) is 0 Å². The summed E-state index contributed by atoms with van der Waals surface area (Å²) in [6.45, 7) is 5.78. The number of hydrogen-bond donors (Lipinski definition) is 1. The van der Waals surface area contributed by atoms with Crippen LogP contribution in [0.25, 0.3) is 6.08 Å². The highest BCUT2D eigenvalue weighted by Crippen LogP contribution is 2.43. The van der Waals surface area contributed by atoms with Crippen molar-refractivity contribution in [2.75, 3.05) is 45.3 Å². The third kappa shape index (κ3) is 4.50. The van der Waals surface area contributed by atoms with Crippen molar-refractivity contribution >= 4 is 17.5 Å². The lowest BCUT2D eigenvalue weighted by Gasteiger charge is -2.36. The number of ether oxygens (including phenoxy) is 3. The second kappa shape index (κ2) is 9.95. The number of aromatic hydroxyl groups is 1. The summed E-state index contributed by atoms with van der Waals surface area (Å²) in [6, 6.07) is 17.4. The Morgan fingerprint density at radius 2 is 1.75 bits per heavy atom. The number of para-hydroxylation sites is 1. The van der Waals surface area contributed by atoms with Gasteiger partial charge in [-0.1, -0.05) is 18.2 Å². The van der Waals surface area contributed by atoms with Crippen LogP contribution >= 0.6 is 0 Å². The maximum Gasteiger partial charge on any atom is 0.232 e. The molecule has 36 heavy (non-hydrogen) atoms. The molecule has 2 aliphatic heterocycles. The molecule has 0 atom stereocenters. The van der Waals surface area contributed by atoms with E-state index in [1.165, 1.54) is 5.69 Å². The van der Waals surface area contributed by atoms with Gasteiger partial charge < -0.3 is 24.2 Å². The molecule has 7 nitrogen and oxygen atoms in total. The zero-order chi connectivity index (χ0) is 25.2. The van der Waals surface area contributed by atoms with Gasteiger partial charge in [-0.3, -0.25) is 9.69 Å². The Morgan fingerprint density at radius 3 is 2.44 bits per heavy atom. The lowest BCUT2D eigenvalue weighted by molar-refractivity contribution is 0.101. The van der Waals surface area contributed by atoms with Crippen LogP contribution in [0.15, 0.2) is 60.4 Å². The molecule has 0 bridgehead atoms. The van der Waals surface area contributed by atoms with Gasteiger partial charge in [0.15, 0.2) is 5.76 Å². The smallest absolute Gasteiger partial charge is 0.232 e. The predicted octanol–water partition coefficient (Wildman–Crippen LogP) is 4.66. The number of carbonyl (C=O) groups is 1. The molecule has 0 unspecified atom stereocenters. The van der Waals surface area contributed by atoms with Gasteiger partial charge in [0.2, 0.25) is 5.78 Å². The second-order valence-corrected chi connectivity index (χ2v) is 9.04. The summed E-state index contributed by atoms with van der Waals surface area (Å²) in [5, 5.41) is 10.8. The Balaban J connectivity index is 1.40. The molecule has 0 aliphatic carbocycles. The molecule has 2 heterocycles. The Bertz CT molecular complexity index is 1310. The largest absolute Gasteiger partial charge is 0.507 e. The van der Waals surface area contributed by atoms with Crippen LogP contribution in [-0.4, -0.2) is 56.2 Å². The first-order chi connectivity index (χ1) is 17.5. The van der Waals surface area contributed by atoms with Crippen molar-refractivity contribution in [1.82, 2.24) is 4.90 Å². The van der Waals surface area contributed by atoms with Gasteiger partial charge in [0.25, 0.3) is 0 Å². The van der Waals surface area contributed by atoms with E-state index in [1.807, 2.05) is 13.0 Å². The molecule has 0 amide bonds. The molecule has 1 N–H and O–H groups in total. The van der Waals surface area contributed by atoms with Crippen LogP contribution in [-0.2, 0) is 6.54 Å². The maximum absolute atomic E-state index is 13.4. The van der Waals surface area contributed by atoms with E-state index in [4.69, 9.17) is 14.2 Å². The average Bonchev–Trinajstić information content (AvgIpc) is 3.23. The van der Waals surface area contributed by atoms with Crippen molar-refractivity contribution in [2.45, 2.75) is 13.5 Å². The zero-order valence-electron chi connectivity index (χ0n) is 20.8. The average molecular weight is 487 g/mol. The van der Waals surface area contributed by atoms with Crippen LogP contribution in [0.3, 0.4) is 0 Å². The number of hydrogen-bond acceptors (Lipinski definition) is 7. The van der Waals surface area contributed by atoms with E-state index in [9.17, 15) is 9.90 Å². The van der Waals surface area contributed by atoms with Crippen LogP contribution in [0, 0.1) is 6.92 Å². The molecule has 0 saturated carbocycles. The Hall–Kier alpha value is -3.97. The first-order valence-electron chi connectivity index (χ1n) is 12.0. The van der Waals surface area contributed by atoms with Gasteiger partial charge in [-0.15, -0.1) is 0 Å². The van der Waals surface area contributed by atoms with E-state index < -0.39 is 0 Å². The number of ketones is 1. The van der Waals surface area contributed by atoms with E-state index in [0.29, 0.717) is 46.0 Å². The van der Waals surface area contributed by atoms with Gasteiger partial charge in [0, 0.05) is 44.0 Å². The lowest BCUT2D eigenvalue weighted by atomic mass is 9.99. The van der Waals surface area contributed by atoms with Crippen molar-refractivity contribution in [3.8, 4) is 23.0 Å². The Labute approximate surface area is 211 Å². The van der Waals surface area contributed by atoms with Crippen molar-refractivity contribution in [3.63, 3.8) is 0 Å². The number of Topliss-reactive ketones (excluding diaryl/α,β-unsaturated/α-hetero) is 1. The highest BCUT2D eigenvalue weighted by Gasteiger charge is 2.34. The van der Waals surface area contributed by atoms with E-state index >= 15 is 0 Å². The first-order valence-corrected chi connectivity index (χ1v) is 12.0. The summed E-state index contributed by atoms with van der Waals surface area (Å²) in [5.41, 5.74) is 3.71. The summed E-state index contributed by atoms with van der Waals surface area (Å²) < 4.78 is 16.9. The van der Waals surface area contributed by atoms with E-state index in [0.717, 1.165) is 26.2 Å². The standard InChI is InChI=1S/C29H30N2O5/c1-19-15-24(32)23(18-30-11-13-31(14-12-30)21-7-5-4-6-8-21)29-27(19)28(33)26(36-29)17-20-16-22(34-2)9-10-25(20)35-3/h4-10,15-17,32H,11-14,18H2,1-3H3/b26-17-. The number of phenolic OH excluding ortho intramolecular Hbond substituents is 1. The molecular weight excluding hydrogens is 456 g/mol. The number of anilines is 1. The Kier molecular flexibility index (Phi) is 6.57. The molecule has 7 heteroatoms. The summed E-state index contributed by atoms with van der Waals surface area (Å²) in [4.78, 5) is 18.0. The highest BCUT2D eigenvalue weighted by atomic mass is 16.5. The minimum absolute atomic E-state index is 0.143. The third-order valence-electron chi connectivity index (χ3n) is 6.82. The molecule has 1 saturated heterocycles. The topological polar surface area (TPSA) is 71.5 Å². The second-order valence-electron chi connectivity index (χ2n) is 9.04. The van der Waals surface area contributed by atoms with Crippen LogP contribution < -0.4 is 19.1 Å². The summed E-state index contributed by atoms with van der Waals surface area (Å²) in [5.74, 6) is 1.82. The van der Waals surface area contributed by atoms with Crippen molar-refractivity contribution in [2.24, 2.45) is 0 Å². The van der Waals surface area contributed by atoms with E-state index in [2.05, 4.69) is 34.1 Å². The van der Waals surface area contributed by atoms with Crippen LogP contribution in [0.4, 0.5) is 5.69 Å². The molecule has 3 aromatic carbocycles. The van der Waals surface area contributed by atoms with Gasteiger partial charge in [-0.25, -0.2) is 0 Å². The first kappa shape index (κ1) is 23.8. The number of methoxy groups -OCH3 is 2. The number of piperazine rings is 1. The number of nitrogens with zero attached hydrogens (tertiary/aromatic N) is 2. The molecule has 1 fully saturated rings. The van der Waals surface area contributed by atoms with Crippen LogP contribution in [0.2, 0.25) is 0 Å². The molecule has 2 aliphatic rings. The number of aryl methyl sites for hydroxylation is 1. The van der Waals surface area contributed by atoms with Gasteiger partial charge in [-0.05, 0) is 55.0 Å². The van der Waals surface area contributed by atoms with Gasteiger partial charge >= 0.3 is 0 Å². The third-order valence-corrected chi connectivity index (χ3v) is 6.82. The lowest BCUT2D eigenvalue weighted by Crippen LogP contribution is -2.46. The molecule has 5 rings (SSSR count). The molecule has 186 valence electrons. The minimum atomic E-state index is -0.206. The fourth-order valence-corrected chi connectivity index (χ4v) is 4.85. The minimum Gasteiger partial charge on any atom is -0.507 e. The van der Waals surface area contributed by atoms with E-state index in [-0.39, 0.29) is 17.3 Å². The van der Waals surface area contributed by atoms with Crippen molar-refractivity contribution < 1.29 is 24.1 Å². The number of fused-ring (bicyclic) bond motifs is 1. The summed E-state index contributed by atoms with van der Waals surface area (Å²) in [7, 11) is 3.16. The fraction of sp³-hybridized carbons (Fsp3) is 0.276. The Morgan fingerprint density at radius 1 is 1.00 bits per heavy atom. The van der Waals surface area contributed by atoms with Gasteiger partial charge in [0.1, 0.15) is 23.0 Å². The predicted molar refractivity (Wildman–Crippen MR) is 139 cm³/mol. The molecular formula is C29H30N2O5. The monoisotopic (exact) mass is 486 g/mol.